The topological polar surface area (TPSA) is 76.9 Å². The molecule has 2 unspecified atom stereocenters. The summed E-state index contributed by atoms with van der Waals surface area (Å²) in [5.41, 5.74) is 1.73. The van der Waals surface area contributed by atoms with Crippen molar-refractivity contribution in [3.05, 3.63) is 83.9 Å². The van der Waals surface area contributed by atoms with Gasteiger partial charge in [-0.15, -0.1) is 13.2 Å². The average Bonchev–Trinajstić information content (AvgIpc) is 3.20. The molecule has 5 rings (SSSR count). The first-order chi connectivity index (χ1) is 18.6. The third kappa shape index (κ3) is 6.97. The van der Waals surface area contributed by atoms with Crippen molar-refractivity contribution in [1.29, 1.82) is 0 Å². The highest BCUT2D eigenvalue weighted by Crippen LogP contribution is 2.52. The van der Waals surface area contributed by atoms with E-state index in [4.69, 9.17) is 4.74 Å². The van der Waals surface area contributed by atoms with E-state index in [-0.39, 0.29) is 48.9 Å². The summed E-state index contributed by atoms with van der Waals surface area (Å²) in [4.78, 5) is 33.5. The van der Waals surface area contributed by atoms with E-state index in [0.29, 0.717) is 23.9 Å². The van der Waals surface area contributed by atoms with Crippen LogP contribution in [0.25, 0.3) is 0 Å². The molecule has 1 amide bonds. The fourth-order valence-electron chi connectivity index (χ4n) is 5.32. The molecule has 1 saturated carbocycles. The lowest BCUT2D eigenvalue weighted by Gasteiger charge is -2.25. The van der Waals surface area contributed by atoms with Crippen LogP contribution >= 0.6 is 0 Å². The number of piperidine rings is 1. The number of imidazole rings is 1. The molecular formula is C28H29F3N4O4. The van der Waals surface area contributed by atoms with Gasteiger partial charge >= 0.3 is 12.3 Å². The lowest BCUT2D eigenvalue weighted by atomic mass is 10.1. The number of aromatic nitrogens is 2. The number of nitrogens with zero attached hydrogens (tertiary/aromatic N) is 4. The Morgan fingerprint density at radius 2 is 1.77 bits per heavy atom. The molecule has 2 heterocycles. The molecule has 2 aromatic carbocycles. The standard InChI is InChI=1S/C28H29F3N4O4/c1-33-15-25(32-18-33)27(37)35(11-20-8-5-9-21(10-20)39-28(29,30)31)14-24-22-12-34(13-23(22)24)16-26(36)38-17-19-6-3-2-4-7-19/h2-10,15,18,22-24H,11-14,16-17H2,1H3. The fourth-order valence-corrected chi connectivity index (χ4v) is 5.32. The third-order valence-corrected chi connectivity index (χ3v) is 7.19. The highest BCUT2D eigenvalue weighted by atomic mass is 19.4. The minimum Gasteiger partial charge on any atom is -0.460 e. The number of fused-ring (bicyclic) bond motifs is 1. The number of carbonyl (C=O) groups is 2. The zero-order chi connectivity index (χ0) is 27.6. The second kappa shape index (κ2) is 11.1. The number of rotatable bonds is 10. The molecule has 0 N–H and O–H groups in total. The SMILES string of the molecule is Cn1cnc(C(=O)N(Cc2cccc(OC(F)(F)F)c2)CC2C3CN(CC(=O)OCc4ccccc4)CC32)c1. The van der Waals surface area contributed by atoms with E-state index in [1.54, 1.807) is 28.8 Å². The lowest BCUT2D eigenvalue weighted by Crippen LogP contribution is -2.36. The Morgan fingerprint density at radius 3 is 2.44 bits per heavy atom. The molecule has 1 aliphatic heterocycles. The van der Waals surface area contributed by atoms with Crippen molar-refractivity contribution in [3.8, 4) is 5.75 Å². The summed E-state index contributed by atoms with van der Waals surface area (Å²) in [6.07, 6.45) is -1.65. The van der Waals surface area contributed by atoms with Gasteiger partial charge in [-0.25, -0.2) is 4.98 Å². The van der Waals surface area contributed by atoms with Crippen LogP contribution < -0.4 is 4.74 Å². The van der Waals surface area contributed by atoms with Crippen molar-refractivity contribution in [1.82, 2.24) is 19.4 Å². The molecule has 1 aliphatic carbocycles. The van der Waals surface area contributed by atoms with Crippen molar-refractivity contribution in [3.63, 3.8) is 0 Å². The van der Waals surface area contributed by atoms with Crippen molar-refractivity contribution in [2.75, 3.05) is 26.2 Å². The van der Waals surface area contributed by atoms with Gasteiger partial charge in [-0.05, 0) is 41.0 Å². The Hall–Kier alpha value is -3.86. The van der Waals surface area contributed by atoms with Crippen molar-refractivity contribution < 1.29 is 32.2 Å². The maximum Gasteiger partial charge on any atom is 0.573 e. The van der Waals surface area contributed by atoms with E-state index in [1.165, 1.54) is 24.5 Å². The minimum atomic E-state index is -4.80. The molecule has 1 aromatic heterocycles. The van der Waals surface area contributed by atoms with Gasteiger partial charge in [0.15, 0.2) is 0 Å². The second-order valence-electron chi connectivity index (χ2n) is 10.1. The number of aryl methyl sites for hydroxylation is 1. The lowest BCUT2D eigenvalue weighted by molar-refractivity contribution is -0.274. The number of carbonyl (C=O) groups excluding carboxylic acids is 2. The van der Waals surface area contributed by atoms with E-state index in [0.717, 1.165) is 18.7 Å². The molecule has 2 atom stereocenters. The van der Waals surface area contributed by atoms with E-state index in [2.05, 4.69) is 14.6 Å². The molecule has 2 fully saturated rings. The van der Waals surface area contributed by atoms with E-state index < -0.39 is 6.36 Å². The number of esters is 1. The number of hydrogen-bond donors (Lipinski definition) is 0. The summed E-state index contributed by atoms with van der Waals surface area (Å²) in [6, 6.07) is 15.2. The summed E-state index contributed by atoms with van der Waals surface area (Å²) in [6.45, 7) is 2.49. The monoisotopic (exact) mass is 542 g/mol. The third-order valence-electron chi connectivity index (χ3n) is 7.19. The number of likely N-dealkylation sites (tertiary alicyclic amines) is 1. The van der Waals surface area contributed by atoms with Crippen LogP contribution in [0.5, 0.6) is 5.75 Å². The second-order valence-corrected chi connectivity index (χ2v) is 10.1. The van der Waals surface area contributed by atoms with Gasteiger partial charge < -0.3 is 18.9 Å². The minimum absolute atomic E-state index is 0.121. The first kappa shape index (κ1) is 26.7. The molecule has 0 bridgehead atoms. The summed E-state index contributed by atoms with van der Waals surface area (Å²) < 4.78 is 49.2. The van der Waals surface area contributed by atoms with Gasteiger partial charge in [-0.2, -0.15) is 0 Å². The summed E-state index contributed by atoms with van der Waals surface area (Å²) in [7, 11) is 1.76. The van der Waals surface area contributed by atoms with Crippen LogP contribution in [-0.4, -0.2) is 63.8 Å². The van der Waals surface area contributed by atoms with Gasteiger partial charge in [-0.1, -0.05) is 42.5 Å². The average molecular weight is 543 g/mol. The van der Waals surface area contributed by atoms with Gasteiger partial charge in [0.25, 0.3) is 5.91 Å². The first-order valence-electron chi connectivity index (χ1n) is 12.7. The van der Waals surface area contributed by atoms with Crippen LogP contribution in [0.1, 0.15) is 21.6 Å². The zero-order valence-corrected chi connectivity index (χ0v) is 21.4. The number of amides is 1. The molecule has 3 aromatic rings. The summed E-state index contributed by atoms with van der Waals surface area (Å²) in [5, 5.41) is 0. The number of alkyl halides is 3. The van der Waals surface area contributed by atoms with Crippen LogP contribution in [0.2, 0.25) is 0 Å². The van der Waals surface area contributed by atoms with Gasteiger partial charge in [0.05, 0.1) is 12.9 Å². The Kier molecular flexibility index (Phi) is 7.60. The molecule has 2 aliphatic rings. The molecule has 8 nitrogen and oxygen atoms in total. The van der Waals surface area contributed by atoms with Crippen molar-refractivity contribution >= 4 is 11.9 Å². The van der Waals surface area contributed by atoms with Crippen molar-refractivity contribution in [2.24, 2.45) is 24.8 Å². The number of benzene rings is 2. The van der Waals surface area contributed by atoms with Crippen LogP contribution in [0.15, 0.2) is 67.1 Å². The molecule has 39 heavy (non-hydrogen) atoms. The van der Waals surface area contributed by atoms with Crippen molar-refractivity contribution in [2.45, 2.75) is 19.5 Å². The maximum atomic E-state index is 13.3. The van der Waals surface area contributed by atoms with Crippen LogP contribution in [0.4, 0.5) is 13.2 Å². The molecule has 0 spiro atoms. The van der Waals surface area contributed by atoms with Gasteiger partial charge in [0.1, 0.15) is 18.1 Å². The van der Waals surface area contributed by atoms with Gasteiger partial charge in [0.2, 0.25) is 0 Å². The highest BCUT2D eigenvalue weighted by Gasteiger charge is 2.56. The summed E-state index contributed by atoms with van der Waals surface area (Å²) >= 11 is 0. The summed E-state index contributed by atoms with van der Waals surface area (Å²) in [5.74, 6) is 0.0255. The molecule has 206 valence electrons. The predicted octanol–water partition coefficient (Wildman–Crippen LogP) is 3.88. The molecular weight excluding hydrogens is 513 g/mol. The normalized spacial score (nSPS) is 20.4. The zero-order valence-electron chi connectivity index (χ0n) is 21.4. The Labute approximate surface area is 223 Å². The molecule has 11 heteroatoms. The van der Waals surface area contributed by atoms with E-state index >= 15 is 0 Å². The van der Waals surface area contributed by atoms with E-state index in [9.17, 15) is 22.8 Å². The molecule has 0 radical (unpaired) electrons. The predicted molar refractivity (Wildman–Crippen MR) is 134 cm³/mol. The maximum absolute atomic E-state index is 13.3. The number of halogens is 3. The Balaban J connectivity index is 1.18. The smallest absolute Gasteiger partial charge is 0.460 e. The largest absolute Gasteiger partial charge is 0.573 e. The quantitative estimate of drug-likeness (QED) is 0.362. The molecule has 1 saturated heterocycles. The Bertz CT molecular complexity index is 1300. The van der Waals surface area contributed by atoms with Gasteiger partial charge in [-0.3, -0.25) is 14.5 Å². The highest BCUT2D eigenvalue weighted by molar-refractivity contribution is 5.92. The van der Waals surface area contributed by atoms with E-state index in [1.807, 2.05) is 30.3 Å². The van der Waals surface area contributed by atoms with Crippen LogP contribution in [0.3, 0.4) is 0 Å². The van der Waals surface area contributed by atoms with Gasteiger partial charge in [0, 0.05) is 39.4 Å². The van der Waals surface area contributed by atoms with Crippen LogP contribution in [0, 0.1) is 17.8 Å². The first-order valence-corrected chi connectivity index (χ1v) is 12.7. The Morgan fingerprint density at radius 1 is 1.05 bits per heavy atom. The fraction of sp³-hybridized carbons (Fsp3) is 0.393. The van der Waals surface area contributed by atoms with Crippen LogP contribution in [-0.2, 0) is 29.7 Å². The number of ether oxygens (including phenoxy) is 2. The number of hydrogen-bond acceptors (Lipinski definition) is 6.